The van der Waals surface area contributed by atoms with Crippen LogP contribution in [-0.4, -0.2) is 49.4 Å². The van der Waals surface area contributed by atoms with Crippen molar-refractivity contribution in [3.63, 3.8) is 0 Å². The van der Waals surface area contributed by atoms with E-state index < -0.39 is 0 Å². The molecule has 8 heteroatoms. The number of amides is 1. The minimum atomic E-state index is -0.373. The number of fused-ring (bicyclic) bond motifs is 2. The molecule has 2 aliphatic carbocycles. The number of hydrogen-bond acceptors (Lipinski definition) is 6. The van der Waals surface area contributed by atoms with Gasteiger partial charge in [0.05, 0.1) is 38.5 Å². The van der Waals surface area contributed by atoms with Gasteiger partial charge >= 0.3 is 0 Å². The molecule has 2 heterocycles. The fourth-order valence-electron chi connectivity index (χ4n) is 5.69. The Morgan fingerprint density at radius 3 is 2.65 bits per heavy atom. The molecule has 0 bridgehead atoms. The fraction of sp³-hybridized carbons (Fsp3) is 0.269. The van der Waals surface area contributed by atoms with Crippen LogP contribution in [0.2, 0.25) is 0 Å². The molecule has 34 heavy (non-hydrogen) atoms. The van der Waals surface area contributed by atoms with Crippen molar-refractivity contribution in [1.29, 1.82) is 5.26 Å². The molecule has 1 aromatic heterocycles. The standard InChI is InChI=1S/C26H21N3O5/c1-32-20-8-14-7-18(28-22(14)24(34-3)23(20)33-2)25(31)29-12-15-10-26(15)17-6-13(11-27)4-5-16(17)19(30)9-21(26)29/h4-9,15,28H,10,12H2,1-3H3/t15-,26-/m1/s1. The van der Waals surface area contributed by atoms with Crippen LogP contribution in [0.5, 0.6) is 17.2 Å². The number of benzene rings is 2. The van der Waals surface area contributed by atoms with Crippen LogP contribution in [0.25, 0.3) is 10.9 Å². The number of methoxy groups -OCH3 is 3. The van der Waals surface area contributed by atoms with Gasteiger partial charge in [0.2, 0.25) is 5.75 Å². The zero-order valence-corrected chi connectivity index (χ0v) is 18.9. The first kappa shape index (κ1) is 20.4. The first-order chi connectivity index (χ1) is 16.5. The molecule has 2 atom stereocenters. The second-order valence-corrected chi connectivity index (χ2v) is 8.85. The Bertz CT molecular complexity index is 1490. The zero-order valence-electron chi connectivity index (χ0n) is 18.9. The maximum absolute atomic E-state index is 13.7. The lowest BCUT2D eigenvalue weighted by atomic mass is 9.80. The molecule has 170 valence electrons. The fourth-order valence-corrected chi connectivity index (χ4v) is 5.69. The summed E-state index contributed by atoms with van der Waals surface area (Å²) in [5.74, 6) is 1.24. The Labute approximate surface area is 195 Å². The molecule has 1 saturated heterocycles. The van der Waals surface area contributed by atoms with E-state index in [9.17, 15) is 14.9 Å². The predicted octanol–water partition coefficient (Wildman–Crippen LogP) is 3.56. The number of hydrogen-bond donors (Lipinski definition) is 1. The van der Waals surface area contributed by atoms with Gasteiger partial charge in [-0.2, -0.15) is 5.26 Å². The van der Waals surface area contributed by atoms with E-state index in [2.05, 4.69) is 11.1 Å². The van der Waals surface area contributed by atoms with Crippen molar-refractivity contribution in [2.75, 3.05) is 27.9 Å². The molecular weight excluding hydrogens is 434 g/mol. The lowest BCUT2D eigenvalue weighted by Gasteiger charge is -2.29. The molecule has 8 nitrogen and oxygen atoms in total. The molecule has 1 N–H and O–H groups in total. The SMILES string of the molecule is COc1cc2cc(C(=O)N3C[C@H]4C[C@@]45C3=CC(=O)c3ccc(C#N)cc35)[nH]c2c(OC)c1OC. The van der Waals surface area contributed by atoms with Gasteiger partial charge in [-0.3, -0.25) is 9.59 Å². The number of aromatic amines is 1. The number of nitrogens with one attached hydrogen (secondary N) is 1. The number of allylic oxidation sites excluding steroid dienone is 2. The summed E-state index contributed by atoms with van der Waals surface area (Å²) in [6.45, 7) is 0.521. The predicted molar refractivity (Wildman–Crippen MR) is 122 cm³/mol. The summed E-state index contributed by atoms with van der Waals surface area (Å²) in [5, 5.41) is 10.1. The number of H-pyrrole nitrogens is 1. The number of carbonyl (C=O) groups is 2. The second-order valence-electron chi connectivity index (χ2n) is 8.85. The van der Waals surface area contributed by atoms with Crippen LogP contribution in [0.3, 0.4) is 0 Å². The number of ketones is 1. The van der Waals surface area contributed by atoms with E-state index in [1.54, 1.807) is 48.4 Å². The molecule has 3 aromatic rings. The topological polar surface area (TPSA) is 105 Å². The number of ether oxygens (including phenoxy) is 3. The van der Waals surface area contributed by atoms with Gasteiger partial charge in [-0.15, -0.1) is 0 Å². The number of carbonyl (C=O) groups excluding carboxylic acids is 2. The van der Waals surface area contributed by atoms with E-state index in [1.807, 2.05) is 0 Å². The maximum Gasteiger partial charge on any atom is 0.274 e. The summed E-state index contributed by atoms with van der Waals surface area (Å²) in [6, 6.07) is 10.9. The molecule has 0 radical (unpaired) electrons. The van der Waals surface area contributed by atoms with E-state index >= 15 is 0 Å². The number of nitriles is 1. The van der Waals surface area contributed by atoms with Gasteiger partial charge in [-0.25, -0.2) is 0 Å². The van der Waals surface area contributed by atoms with Gasteiger partial charge in [-0.1, -0.05) is 0 Å². The summed E-state index contributed by atoms with van der Waals surface area (Å²) in [6.07, 6.45) is 2.46. The van der Waals surface area contributed by atoms with Crippen LogP contribution in [0.4, 0.5) is 0 Å². The number of aromatic nitrogens is 1. The molecule has 1 spiro atoms. The summed E-state index contributed by atoms with van der Waals surface area (Å²) in [5.41, 5.74) is 3.35. The van der Waals surface area contributed by atoms with E-state index in [0.29, 0.717) is 46.1 Å². The highest BCUT2D eigenvalue weighted by Gasteiger charge is 2.67. The Hall–Kier alpha value is -4.25. The Morgan fingerprint density at radius 1 is 1.15 bits per heavy atom. The lowest BCUT2D eigenvalue weighted by Crippen LogP contribution is -2.34. The average Bonchev–Trinajstić information content (AvgIpc) is 3.25. The second kappa shape index (κ2) is 6.87. The van der Waals surface area contributed by atoms with Crippen LogP contribution in [-0.2, 0) is 5.41 Å². The summed E-state index contributed by atoms with van der Waals surface area (Å²) >= 11 is 0. The monoisotopic (exact) mass is 455 g/mol. The van der Waals surface area contributed by atoms with E-state index in [1.165, 1.54) is 14.2 Å². The van der Waals surface area contributed by atoms with E-state index in [-0.39, 0.29) is 23.0 Å². The maximum atomic E-state index is 13.7. The third-order valence-electron chi connectivity index (χ3n) is 7.31. The molecule has 3 aliphatic rings. The Morgan fingerprint density at radius 2 is 1.94 bits per heavy atom. The van der Waals surface area contributed by atoms with Gasteiger partial charge < -0.3 is 24.1 Å². The molecular formula is C26H21N3O5. The number of piperidine rings is 1. The minimum absolute atomic E-state index is 0.141. The number of nitrogens with zero attached hydrogens (tertiary/aromatic N) is 2. The Balaban J connectivity index is 1.43. The van der Waals surface area contributed by atoms with Crippen molar-refractivity contribution in [3.8, 4) is 23.3 Å². The largest absolute Gasteiger partial charge is 0.493 e. The van der Waals surface area contributed by atoms with Gasteiger partial charge in [0.1, 0.15) is 5.69 Å². The molecule has 0 unspecified atom stereocenters. The third-order valence-corrected chi connectivity index (χ3v) is 7.31. The Kier molecular flexibility index (Phi) is 4.12. The van der Waals surface area contributed by atoms with E-state index in [0.717, 1.165) is 23.1 Å². The van der Waals surface area contributed by atoms with Crippen LogP contribution in [0, 0.1) is 17.2 Å². The van der Waals surface area contributed by atoms with Crippen molar-refractivity contribution in [1.82, 2.24) is 9.88 Å². The van der Waals surface area contributed by atoms with Crippen molar-refractivity contribution < 1.29 is 23.8 Å². The van der Waals surface area contributed by atoms with Crippen LogP contribution >= 0.6 is 0 Å². The third kappa shape index (κ3) is 2.47. The van der Waals surface area contributed by atoms with Crippen LogP contribution in [0.1, 0.15) is 38.4 Å². The number of rotatable bonds is 4. The lowest BCUT2D eigenvalue weighted by molar-refractivity contribution is 0.0806. The van der Waals surface area contributed by atoms with E-state index in [4.69, 9.17) is 14.2 Å². The highest BCUT2D eigenvalue weighted by molar-refractivity contribution is 6.10. The molecule has 1 aliphatic heterocycles. The quantitative estimate of drug-likeness (QED) is 0.645. The van der Waals surface area contributed by atoms with Crippen molar-refractivity contribution in [3.05, 3.63) is 64.5 Å². The van der Waals surface area contributed by atoms with Crippen molar-refractivity contribution >= 4 is 22.6 Å². The highest BCUT2D eigenvalue weighted by atomic mass is 16.5. The minimum Gasteiger partial charge on any atom is -0.493 e. The normalized spacial score (nSPS) is 21.8. The first-order valence-electron chi connectivity index (χ1n) is 10.9. The highest BCUT2D eigenvalue weighted by Crippen LogP contribution is 2.66. The van der Waals surface area contributed by atoms with Gasteiger partial charge in [0.25, 0.3) is 5.91 Å². The molecule has 6 rings (SSSR count). The summed E-state index contributed by atoms with van der Waals surface area (Å²) in [7, 11) is 4.60. The van der Waals surface area contributed by atoms with Crippen molar-refractivity contribution in [2.45, 2.75) is 11.8 Å². The van der Waals surface area contributed by atoms with Crippen LogP contribution < -0.4 is 14.2 Å². The van der Waals surface area contributed by atoms with Crippen molar-refractivity contribution in [2.24, 2.45) is 5.92 Å². The molecule has 2 fully saturated rings. The van der Waals surface area contributed by atoms with Crippen LogP contribution in [0.15, 0.2) is 42.1 Å². The first-order valence-corrected chi connectivity index (χ1v) is 10.9. The van der Waals surface area contributed by atoms with Gasteiger partial charge in [0.15, 0.2) is 17.3 Å². The summed E-state index contributed by atoms with van der Waals surface area (Å²) in [4.78, 5) is 31.5. The molecule has 1 amide bonds. The smallest absolute Gasteiger partial charge is 0.274 e. The summed E-state index contributed by atoms with van der Waals surface area (Å²) < 4.78 is 16.4. The zero-order chi connectivity index (χ0) is 23.8. The average molecular weight is 455 g/mol. The van der Waals surface area contributed by atoms with Gasteiger partial charge in [0, 0.05) is 34.7 Å². The molecule has 2 aromatic carbocycles. The number of likely N-dealkylation sites (tertiary alicyclic amines) is 1. The molecule has 1 saturated carbocycles. The van der Waals surface area contributed by atoms with Gasteiger partial charge in [-0.05, 0) is 48.2 Å².